The van der Waals surface area contributed by atoms with Crippen LogP contribution in [0.15, 0.2) is 29.2 Å². The number of hydrogen-bond donors (Lipinski definition) is 0. The minimum Gasteiger partial charge on any atom is -0.299 e. The van der Waals surface area contributed by atoms with Crippen LogP contribution in [-0.4, -0.2) is 11.5 Å². The van der Waals surface area contributed by atoms with E-state index in [4.69, 9.17) is 0 Å². The summed E-state index contributed by atoms with van der Waals surface area (Å²) in [7, 11) is 0. The second-order valence-corrected chi connectivity index (χ2v) is 7.79. The molecule has 1 aliphatic carbocycles. The van der Waals surface area contributed by atoms with Crippen molar-refractivity contribution < 1.29 is 4.79 Å². The Hall–Kier alpha value is -0.760. The lowest BCUT2D eigenvalue weighted by Gasteiger charge is -2.32. The van der Waals surface area contributed by atoms with Crippen LogP contribution in [0.4, 0.5) is 0 Å². The van der Waals surface area contributed by atoms with Crippen molar-refractivity contribution in [3.05, 3.63) is 29.8 Å². The van der Waals surface area contributed by atoms with Crippen molar-refractivity contribution in [2.75, 3.05) is 5.75 Å². The van der Waals surface area contributed by atoms with Crippen molar-refractivity contribution in [3.8, 4) is 0 Å². The summed E-state index contributed by atoms with van der Waals surface area (Å²) in [6, 6.07) is 8.74. The van der Waals surface area contributed by atoms with Crippen molar-refractivity contribution >= 4 is 17.5 Å². The van der Waals surface area contributed by atoms with Gasteiger partial charge < -0.3 is 0 Å². The topological polar surface area (TPSA) is 17.1 Å². The lowest BCUT2D eigenvalue weighted by atomic mass is 9.72. The molecule has 0 bridgehead atoms. The van der Waals surface area contributed by atoms with Crippen LogP contribution in [0, 0.1) is 17.8 Å². The van der Waals surface area contributed by atoms with E-state index in [2.05, 4.69) is 38.1 Å². The van der Waals surface area contributed by atoms with E-state index in [1.807, 2.05) is 11.8 Å². The molecule has 1 fully saturated rings. The third-order valence-corrected chi connectivity index (χ3v) is 6.37. The van der Waals surface area contributed by atoms with Gasteiger partial charge in [0.1, 0.15) is 5.78 Å². The summed E-state index contributed by atoms with van der Waals surface area (Å²) < 4.78 is 0. The van der Waals surface area contributed by atoms with Crippen molar-refractivity contribution in [1.29, 1.82) is 0 Å². The van der Waals surface area contributed by atoms with Crippen LogP contribution in [0.2, 0.25) is 0 Å². The minimum atomic E-state index is 0.313. The van der Waals surface area contributed by atoms with E-state index in [0.717, 1.165) is 43.3 Å². The maximum absolute atomic E-state index is 12.3. The number of rotatable bonds is 3. The van der Waals surface area contributed by atoms with Crippen molar-refractivity contribution in [3.63, 3.8) is 0 Å². The number of thioether (sulfide) groups is 1. The summed E-state index contributed by atoms with van der Waals surface area (Å²) in [6.07, 6.45) is 4.13. The molecule has 3 atom stereocenters. The van der Waals surface area contributed by atoms with E-state index < -0.39 is 0 Å². The molecule has 3 unspecified atom stereocenters. The van der Waals surface area contributed by atoms with E-state index in [0.29, 0.717) is 17.6 Å². The number of carbonyl (C=O) groups excluding carboxylic acids is 1. The first kappa shape index (κ1) is 14.2. The van der Waals surface area contributed by atoms with Gasteiger partial charge in [-0.2, -0.15) is 0 Å². The summed E-state index contributed by atoms with van der Waals surface area (Å²) in [5.41, 5.74) is 1.48. The van der Waals surface area contributed by atoms with Gasteiger partial charge >= 0.3 is 0 Å². The summed E-state index contributed by atoms with van der Waals surface area (Å²) >= 11 is 1.96. The first-order valence-electron chi connectivity index (χ1n) is 7.89. The fourth-order valence-corrected chi connectivity index (χ4v) is 5.02. The number of benzene rings is 1. The third kappa shape index (κ3) is 2.81. The molecule has 1 aromatic carbocycles. The maximum atomic E-state index is 12.3. The molecule has 0 aromatic heterocycles. The SMILES string of the molecule is CC(C)C1CCC(=O)C(CC2CSc3ccccc32)C1. The molecule has 3 rings (SSSR count). The van der Waals surface area contributed by atoms with Crippen LogP contribution < -0.4 is 0 Å². The van der Waals surface area contributed by atoms with Gasteiger partial charge in [0.05, 0.1) is 0 Å². The van der Waals surface area contributed by atoms with Gasteiger partial charge in [-0.1, -0.05) is 32.0 Å². The van der Waals surface area contributed by atoms with Gasteiger partial charge in [0.2, 0.25) is 0 Å². The van der Waals surface area contributed by atoms with Gasteiger partial charge in [-0.05, 0) is 48.6 Å². The zero-order valence-electron chi connectivity index (χ0n) is 12.5. The molecule has 0 saturated heterocycles. The zero-order chi connectivity index (χ0) is 14.1. The Morgan fingerprint density at radius 1 is 1.25 bits per heavy atom. The van der Waals surface area contributed by atoms with Crippen LogP contribution in [-0.2, 0) is 4.79 Å². The van der Waals surface area contributed by atoms with Gasteiger partial charge in [-0.15, -0.1) is 11.8 Å². The largest absolute Gasteiger partial charge is 0.299 e. The molecule has 108 valence electrons. The highest BCUT2D eigenvalue weighted by molar-refractivity contribution is 7.99. The quantitative estimate of drug-likeness (QED) is 0.786. The number of hydrogen-bond acceptors (Lipinski definition) is 2. The molecule has 0 amide bonds. The predicted octanol–water partition coefficient (Wildman–Crippen LogP) is 4.91. The summed E-state index contributed by atoms with van der Waals surface area (Å²) in [5, 5.41) is 0. The Morgan fingerprint density at radius 3 is 2.85 bits per heavy atom. The number of ketones is 1. The van der Waals surface area contributed by atoms with Crippen LogP contribution in [0.3, 0.4) is 0 Å². The fourth-order valence-electron chi connectivity index (χ4n) is 3.75. The average molecular weight is 288 g/mol. The van der Waals surface area contributed by atoms with E-state index in [-0.39, 0.29) is 0 Å². The lowest BCUT2D eigenvalue weighted by Crippen LogP contribution is -2.28. The first-order chi connectivity index (χ1) is 9.65. The monoisotopic (exact) mass is 288 g/mol. The van der Waals surface area contributed by atoms with Gasteiger partial charge in [0.15, 0.2) is 0 Å². The van der Waals surface area contributed by atoms with E-state index in [1.54, 1.807) is 0 Å². The van der Waals surface area contributed by atoms with Crippen LogP contribution in [0.5, 0.6) is 0 Å². The van der Waals surface area contributed by atoms with Crippen molar-refractivity contribution in [2.24, 2.45) is 17.8 Å². The van der Waals surface area contributed by atoms with Gasteiger partial charge in [0, 0.05) is 23.0 Å². The van der Waals surface area contributed by atoms with E-state index in [1.165, 1.54) is 10.5 Å². The second kappa shape index (κ2) is 5.93. The number of carbonyl (C=O) groups is 1. The highest BCUT2D eigenvalue weighted by atomic mass is 32.2. The van der Waals surface area contributed by atoms with Crippen LogP contribution in [0.1, 0.15) is 51.0 Å². The highest BCUT2D eigenvalue weighted by Gasteiger charge is 2.34. The molecular formula is C18H24OS. The molecular weight excluding hydrogens is 264 g/mol. The minimum absolute atomic E-state index is 0.313. The Kier molecular flexibility index (Phi) is 4.21. The Morgan fingerprint density at radius 2 is 2.05 bits per heavy atom. The zero-order valence-corrected chi connectivity index (χ0v) is 13.3. The lowest BCUT2D eigenvalue weighted by molar-refractivity contribution is -0.126. The third-order valence-electron chi connectivity index (χ3n) is 5.11. The molecule has 1 aliphatic heterocycles. The number of Topliss-reactive ketones (excluding diaryl/α,β-unsaturated/α-hetero) is 1. The van der Waals surface area contributed by atoms with Crippen LogP contribution in [0.25, 0.3) is 0 Å². The normalized spacial score (nSPS) is 29.8. The Balaban J connectivity index is 1.70. The van der Waals surface area contributed by atoms with Crippen molar-refractivity contribution in [1.82, 2.24) is 0 Å². The highest BCUT2D eigenvalue weighted by Crippen LogP contribution is 2.44. The molecule has 20 heavy (non-hydrogen) atoms. The smallest absolute Gasteiger partial charge is 0.136 e. The molecule has 2 aliphatic rings. The fraction of sp³-hybridized carbons (Fsp3) is 0.611. The molecule has 1 heterocycles. The van der Waals surface area contributed by atoms with Gasteiger partial charge in [-0.25, -0.2) is 0 Å². The molecule has 1 aromatic rings. The maximum Gasteiger partial charge on any atom is 0.136 e. The molecule has 0 radical (unpaired) electrons. The van der Waals surface area contributed by atoms with E-state index >= 15 is 0 Å². The second-order valence-electron chi connectivity index (χ2n) is 6.72. The van der Waals surface area contributed by atoms with Crippen molar-refractivity contribution in [2.45, 2.75) is 50.3 Å². The first-order valence-corrected chi connectivity index (χ1v) is 8.88. The van der Waals surface area contributed by atoms with Crippen LogP contribution >= 0.6 is 11.8 Å². The average Bonchev–Trinajstić information content (AvgIpc) is 2.84. The standard InChI is InChI=1S/C18H24OS/c1-12(2)13-7-8-17(19)14(9-13)10-15-11-20-18-6-4-3-5-16(15)18/h3-6,12-15H,7-11H2,1-2H3. The molecule has 1 saturated carbocycles. The van der Waals surface area contributed by atoms with E-state index in [9.17, 15) is 4.79 Å². The molecule has 1 nitrogen and oxygen atoms in total. The summed E-state index contributed by atoms with van der Waals surface area (Å²) in [5.74, 6) is 4.06. The summed E-state index contributed by atoms with van der Waals surface area (Å²) in [6.45, 7) is 4.61. The Bertz CT molecular complexity index is 494. The van der Waals surface area contributed by atoms with Gasteiger partial charge in [0.25, 0.3) is 0 Å². The van der Waals surface area contributed by atoms with Gasteiger partial charge in [-0.3, -0.25) is 4.79 Å². The molecule has 0 N–H and O–H groups in total. The molecule has 0 spiro atoms. The molecule has 2 heteroatoms. The predicted molar refractivity (Wildman–Crippen MR) is 85.2 cm³/mol. The summed E-state index contributed by atoms with van der Waals surface area (Å²) in [4.78, 5) is 13.7. The Labute approximate surface area is 126 Å². The number of fused-ring (bicyclic) bond motifs is 1.